The summed E-state index contributed by atoms with van der Waals surface area (Å²) in [5.74, 6) is 1.53. The Morgan fingerprint density at radius 2 is 1.90 bits per heavy atom. The van der Waals surface area contributed by atoms with Crippen LogP contribution in [0.3, 0.4) is 0 Å². The van der Waals surface area contributed by atoms with Gasteiger partial charge in [-0.15, -0.1) is 0 Å². The average molecular weight is 400 g/mol. The Balaban J connectivity index is 1.57. The molecule has 1 atom stereocenters. The highest BCUT2D eigenvalue weighted by Gasteiger charge is 2.12. The Morgan fingerprint density at radius 1 is 1.10 bits per heavy atom. The molecule has 0 saturated heterocycles. The lowest BCUT2D eigenvalue weighted by Crippen LogP contribution is -2.11. The zero-order chi connectivity index (χ0) is 21.1. The first-order valence-corrected chi connectivity index (χ1v) is 10.0. The molecule has 0 aliphatic rings. The SMILES string of the molecule is CCC(C)c1ccc2oc(-c3cccc(NC(=O)c4ccc(OC)cc4)c3)nc2c1. The van der Waals surface area contributed by atoms with Gasteiger partial charge < -0.3 is 14.5 Å². The smallest absolute Gasteiger partial charge is 0.255 e. The average Bonchev–Trinajstić information content (AvgIpc) is 3.22. The van der Waals surface area contributed by atoms with Crippen molar-refractivity contribution >= 4 is 22.7 Å². The van der Waals surface area contributed by atoms with Crippen molar-refractivity contribution in [2.45, 2.75) is 26.2 Å². The van der Waals surface area contributed by atoms with Crippen LogP contribution >= 0.6 is 0 Å². The van der Waals surface area contributed by atoms with Gasteiger partial charge in [0.2, 0.25) is 5.89 Å². The second kappa shape index (κ2) is 8.41. The van der Waals surface area contributed by atoms with Crippen LogP contribution in [0.2, 0.25) is 0 Å². The van der Waals surface area contributed by atoms with Crippen molar-refractivity contribution in [2.75, 3.05) is 12.4 Å². The fourth-order valence-corrected chi connectivity index (χ4v) is 3.29. The number of hydrogen-bond acceptors (Lipinski definition) is 4. The lowest BCUT2D eigenvalue weighted by Gasteiger charge is -2.07. The number of aromatic nitrogens is 1. The van der Waals surface area contributed by atoms with E-state index in [4.69, 9.17) is 9.15 Å². The van der Waals surface area contributed by atoms with Crippen LogP contribution in [0, 0.1) is 0 Å². The maximum Gasteiger partial charge on any atom is 0.255 e. The quantitative estimate of drug-likeness (QED) is 0.414. The van der Waals surface area contributed by atoms with Crippen LogP contribution in [-0.4, -0.2) is 18.0 Å². The molecule has 0 aliphatic carbocycles. The molecular formula is C25H24N2O3. The van der Waals surface area contributed by atoms with E-state index in [1.165, 1.54) is 5.56 Å². The number of benzene rings is 3. The molecule has 4 rings (SSSR count). The summed E-state index contributed by atoms with van der Waals surface area (Å²) < 4.78 is 11.1. The normalized spacial score (nSPS) is 12.0. The molecular weight excluding hydrogens is 376 g/mol. The second-order valence-corrected chi connectivity index (χ2v) is 7.32. The summed E-state index contributed by atoms with van der Waals surface area (Å²) in [6.07, 6.45) is 1.08. The van der Waals surface area contributed by atoms with E-state index in [9.17, 15) is 4.79 Å². The van der Waals surface area contributed by atoms with Gasteiger partial charge in [0, 0.05) is 16.8 Å². The highest BCUT2D eigenvalue weighted by atomic mass is 16.5. The summed E-state index contributed by atoms with van der Waals surface area (Å²) in [6, 6.07) is 20.6. The molecule has 1 N–H and O–H groups in total. The number of amides is 1. The van der Waals surface area contributed by atoms with E-state index in [-0.39, 0.29) is 5.91 Å². The molecule has 0 spiro atoms. The summed E-state index contributed by atoms with van der Waals surface area (Å²) in [6.45, 7) is 4.38. The van der Waals surface area contributed by atoms with Gasteiger partial charge in [0.25, 0.3) is 5.91 Å². The minimum atomic E-state index is -0.189. The predicted molar refractivity (Wildman–Crippen MR) is 119 cm³/mol. The van der Waals surface area contributed by atoms with Crippen LogP contribution in [0.5, 0.6) is 5.75 Å². The van der Waals surface area contributed by atoms with Crippen LogP contribution < -0.4 is 10.1 Å². The highest BCUT2D eigenvalue weighted by Crippen LogP contribution is 2.29. The third-order valence-electron chi connectivity index (χ3n) is 5.31. The summed E-state index contributed by atoms with van der Waals surface area (Å²) in [5.41, 5.74) is 4.89. The van der Waals surface area contributed by atoms with Crippen LogP contribution in [0.15, 0.2) is 71.1 Å². The maximum atomic E-state index is 12.5. The molecule has 0 radical (unpaired) electrons. The number of rotatable bonds is 6. The molecule has 0 aliphatic heterocycles. The third kappa shape index (κ3) is 4.06. The molecule has 30 heavy (non-hydrogen) atoms. The molecule has 1 unspecified atom stereocenters. The first-order chi connectivity index (χ1) is 14.6. The Labute approximate surface area is 175 Å². The van der Waals surface area contributed by atoms with Crippen LogP contribution in [0.1, 0.15) is 42.1 Å². The molecule has 1 heterocycles. The Hall–Kier alpha value is -3.60. The van der Waals surface area contributed by atoms with Crippen molar-refractivity contribution in [1.82, 2.24) is 4.98 Å². The molecule has 5 heteroatoms. The van der Waals surface area contributed by atoms with Crippen molar-refractivity contribution in [3.63, 3.8) is 0 Å². The summed E-state index contributed by atoms with van der Waals surface area (Å²) >= 11 is 0. The summed E-state index contributed by atoms with van der Waals surface area (Å²) in [4.78, 5) is 17.2. The van der Waals surface area contributed by atoms with E-state index in [1.807, 2.05) is 30.3 Å². The first kappa shape index (κ1) is 19.7. The number of carbonyl (C=O) groups excluding carboxylic acids is 1. The molecule has 1 aromatic heterocycles. The fourth-order valence-electron chi connectivity index (χ4n) is 3.29. The standard InChI is InChI=1S/C25H24N2O3/c1-4-16(2)18-10-13-23-22(15-18)27-25(30-23)19-6-5-7-20(14-19)26-24(28)17-8-11-21(29-3)12-9-17/h5-16H,4H2,1-3H3,(H,26,28). The van der Waals surface area contributed by atoms with Gasteiger partial charge in [-0.2, -0.15) is 0 Å². The number of oxazole rings is 1. The zero-order valence-corrected chi connectivity index (χ0v) is 17.3. The van der Waals surface area contributed by atoms with Crippen LogP contribution in [0.4, 0.5) is 5.69 Å². The lowest BCUT2D eigenvalue weighted by molar-refractivity contribution is 0.102. The molecule has 4 aromatic rings. The van der Waals surface area contributed by atoms with Gasteiger partial charge >= 0.3 is 0 Å². The van der Waals surface area contributed by atoms with E-state index in [1.54, 1.807) is 31.4 Å². The number of nitrogens with zero attached hydrogens (tertiary/aromatic N) is 1. The number of anilines is 1. The number of fused-ring (bicyclic) bond motifs is 1. The van der Waals surface area contributed by atoms with Crippen molar-refractivity contribution in [1.29, 1.82) is 0 Å². The lowest BCUT2D eigenvalue weighted by atomic mass is 9.98. The molecule has 1 amide bonds. The topological polar surface area (TPSA) is 64.4 Å². The number of hydrogen-bond donors (Lipinski definition) is 1. The molecule has 152 valence electrons. The van der Waals surface area contributed by atoms with E-state index in [0.29, 0.717) is 28.8 Å². The van der Waals surface area contributed by atoms with Crippen molar-refractivity contribution in [3.05, 3.63) is 77.9 Å². The van der Waals surface area contributed by atoms with Gasteiger partial charge in [0.05, 0.1) is 7.11 Å². The van der Waals surface area contributed by atoms with Gasteiger partial charge in [0.15, 0.2) is 5.58 Å². The molecule has 3 aromatic carbocycles. The van der Waals surface area contributed by atoms with E-state index < -0.39 is 0 Å². The van der Waals surface area contributed by atoms with Crippen LogP contribution in [-0.2, 0) is 0 Å². The van der Waals surface area contributed by atoms with Crippen molar-refractivity contribution in [2.24, 2.45) is 0 Å². The molecule has 0 saturated carbocycles. The van der Waals surface area contributed by atoms with Gasteiger partial charge in [-0.1, -0.05) is 26.0 Å². The second-order valence-electron chi connectivity index (χ2n) is 7.32. The minimum Gasteiger partial charge on any atom is -0.497 e. The zero-order valence-electron chi connectivity index (χ0n) is 17.3. The predicted octanol–water partition coefficient (Wildman–Crippen LogP) is 6.27. The Bertz CT molecular complexity index is 1180. The van der Waals surface area contributed by atoms with Gasteiger partial charge in [0.1, 0.15) is 11.3 Å². The largest absolute Gasteiger partial charge is 0.497 e. The Kier molecular flexibility index (Phi) is 5.53. The Morgan fingerprint density at radius 3 is 2.63 bits per heavy atom. The molecule has 5 nitrogen and oxygen atoms in total. The van der Waals surface area contributed by atoms with Crippen molar-refractivity contribution in [3.8, 4) is 17.2 Å². The van der Waals surface area contributed by atoms with E-state index in [2.05, 4.69) is 36.3 Å². The van der Waals surface area contributed by atoms with Gasteiger partial charge in [-0.25, -0.2) is 4.98 Å². The van der Waals surface area contributed by atoms with E-state index >= 15 is 0 Å². The highest BCUT2D eigenvalue weighted by molar-refractivity contribution is 6.04. The number of methoxy groups -OCH3 is 1. The minimum absolute atomic E-state index is 0.189. The van der Waals surface area contributed by atoms with Gasteiger partial charge in [-0.05, 0) is 72.5 Å². The monoisotopic (exact) mass is 400 g/mol. The van der Waals surface area contributed by atoms with Crippen molar-refractivity contribution < 1.29 is 13.9 Å². The number of nitrogens with one attached hydrogen (secondary N) is 1. The third-order valence-corrected chi connectivity index (χ3v) is 5.31. The molecule has 0 bridgehead atoms. The molecule has 0 fully saturated rings. The van der Waals surface area contributed by atoms with Gasteiger partial charge in [-0.3, -0.25) is 4.79 Å². The summed E-state index contributed by atoms with van der Waals surface area (Å²) in [5, 5.41) is 2.92. The summed E-state index contributed by atoms with van der Waals surface area (Å²) in [7, 11) is 1.60. The van der Waals surface area contributed by atoms with E-state index in [0.717, 1.165) is 23.1 Å². The maximum absolute atomic E-state index is 12.5. The fraction of sp³-hybridized carbons (Fsp3) is 0.200. The first-order valence-electron chi connectivity index (χ1n) is 10.0. The number of ether oxygens (including phenoxy) is 1. The number of carbonyl (C=O) groups is 1. The van der Waals surface area contributed by atoms with Crippen LogP contribution in [0.25, 0.3) is 22.6 Å².